The van der Waals surface area contributed by atoms with E-state index in [-0.39, 0.29) is 46.3 Å². The Balaban J connectivity index is 0.00000242. The van der Waals surface area contributed by atoms with Crippen LogP contribution in [0.2, 0.25) is 0 Å². The Hall–Kier alpha value is -0.740. The summed E-state index contributed by atoms with van der Waals surface area (Å²) < 4.78 is 26.9. The summed E-state index contributed by atoms with van der Waals surface area (Å²) >= 11 is 2.98. The molecule has 0 radical (unpaired) electrons. The minimum atomic E-state index is -2.76. The van der Waals surface area contributed by atoms with E-state index in [4.69, 9.17) is 0 Å². The fraction of sp³-hybridized carbons (Fsp3) is 0.500. The third-order valence-corrected chi connectivity index (χ3v) is 4.00. The van der Waals surface area contributed by atoms with Crippen molar-refractivity contribution in [1.29, 1.82) is 0 Å². The molecule has 0 amide bonds. The molecule has 6 nitrogen and oxygen atoms in total. The second-order valence-corrected chi connectivity index (χ2v) is 5.54. The third-order valence-electron chi connectivity index (χ3n) is 3.39. The molecule has 1 aliphatic heterocycles. The van der Waals surface area contributed by atoms with Crippen LogP contribution >= 0.6 is 40.7 Å². The second kappa shape index (κ2) is 9.53. The first kappa shape index (κ1) is 22.3. The van der Waals surface area contributed by atoms with Gasteiger partial charge in [0.1, 0.15) is 11.8 Å². The zero-order valence-electron chi connectivity index (χ0n) is 11.7. The number of halogens is 5. The molecule has 1 fully saturated rings. The van der Waals surface area contributed by atoms with E-state index < -0.39 is 17.4 Å². The Morgan fingerprint density at radius 3 is 2.35 bits per heavy atom. The van der Waals surface area contributed by atoms with Crippen LogP contribution < -0.4 is 5.32 Å². The summed E-state index contributed by atoms with van der Waals surface area (Å²) in [6.45, 7) is 1.88. The van der Waals surface area contributed by atoms with Gasteiger partial charge in [0.05, 0.1) is 9.40 Å². The van der Waals surface area contributed by atoms with Crippen molar-refractivity contribution in [3.05, 3.63) is 32.3 Å². The number of nitrogens with one attached hydrogen (secondary N) is 1. The molecular weight excluding hydrogens is 423 g/mol. The topological polar surface area (TPSA) is 78.6 Å². The fourth-order valence-corrected chi connectivity index (χ4v) is 2.85. The van der Waals surface area contributed by atoms with Crippen molar-refractivity contribution in [2.24, 2.45) is 0 Å². The SMILES string of the molecule is Cl.Cl.O=[N+]([O-])c1cc(Br)c(O)c([C@H](C(F)F)N2CCNCC2)c1. The van der Waals surface area contributed by atoms with E-state index >= 15 is 0 Å². The monoisotopic (exact) mass is 437 g/mol. The van der Waals surface area contributed by atoms with Crippen molar-refractivity contribution < 1.29 is 18.8 Å². The number of piperazine rings is 1. The molecule has 1 aromatic carbocycles. The third kappa shape index (κ3) is 5.12. The average molecular weight is 439 g/mol. The number of alkyl halides is 2. The van der Waals surface area contributed by atoms with Gasteiger partial charge in [0.15, 0.2) is 0 Å². The predicted octanol–water partition coefficient (Wildman–Crippen LogP) is 3.12. The van der Waals surface area contributed by atoms with Crippen LogP contribution in [-0.4, -0.2) is 47.5 Å². The van der Waals surface area contributed by atoms with E-state index in [1.807, 2.05) is 0 Å². The van der Waals surface area contributed by atoms with Gasteiger partial charge in [0.2, 0.25) is 0 Å². The number of nitro benzene ring substituents is 1. The van der Waals surface area contributed by atoms with Crippen LogP contribution in [-0.2, 0) is 0 Å². The molecule has 23 heavy (non-hydrogen) atoms. The number of hydrogen-bond donors (Lipinski definition) is 2. The summed E-state index contributed by atoms with van der Waals surface area (Å²) in [4.78, 5) is 11.7. The number of nitrogens with zero attached hydrogens (tertiary/aromatic N) is 2. The van der Waals surface area contributed by atoms with Crippen molar-refractivity contribution in [3.63, 3.8) is 0 Å². The Bertz CT molecular complexity index is 549. The van der Waals surface area contributed by atoms with Gasteiger partial charge in [-0.1, -0.05) is 0 Å². The number of benzene rings is 1. The molecule has 1 atom stereocenters. The Kier molecular flexibility index (Phi) is 9.22. The van der Waals surface area contributed by atoms with Crippen molar-refractivity contribution in [3.8, 4) is 5.75 Å². The van der Waals surface area contributed by atoms with E-state index in [2.05, 4.69) is 21.2 Å². The van der Waals surface area contributed by atoms with Gasteiger partial charge >= 0.3 is 0 Å². The van der Waals surface area contributed by atoms with Gasteiger partial charge in [-0.15, -0.1) is 24.8 Å². The summed E-state index contributed by atoms with van der Waals surface area (Å²) in [6.07, 6.45) is -2.76. The lowest BCUT2D eigenvalue weighted by molar-refractivity contribution is -0.385. The zero-order valence-corrected chi connectivity index (χ0v) is 15.0. The lowest BCUT2D eigenvalue weighted by Gasteiger charge is -2.34. The van der Waals surface area contributed by atoms with Crippen molar-refractivity contribution in [2.75, 3.05) is 26.2 Å². The van der Waals surface area contributed by atoms with Crippen LogP contribution in [0.1, 0.15) is 11.6 Å². The molecular formula is C12H16BrCl2F2N3O3. The number of non-ortho nitro benzene ring substituents is 1. The average Bonchev–Trinajstić information content (AvgIpc) is 2.44. The molecule has 0 aliphatic carbocycles. The lowest BCUT2D eigenvalue weighted by atomic mass is 10.0. The van der Waals surface area contributed by atoms with Gasteiger partial charge < -0.3 is 10.4 Å². The molecule has 11 heteroatoms. The standard InChI is InChI=1S/C12H14BrF2N3O3.2ClH/c13-9-6-7(18(20)21)5-8(11(9)19)10(12(14)15)17-3-1-16-2-4-17;;/h5-6,10,12,16,19H,1-4H2;2*1H/t10-;;/m1../s1. The largest absolute Gasteiger partial charge is 0.506 e. The number of aromatic hydroxyl groups is 1. The predicted molar refractivity (Wildman–Crippen MR) is 90.1 cm³/mol. The molecule has 1 saturated heterocycles. The van der Waals surface area contributed by atoms with Crippen LogP contribution in [0.5, 0.6) is 5.75 Å². The molecule has 0 aromatic heterocycles. The zero-order chi connectivity index (χ0) is 15.6. The number of phenolic OH excluding ortho intramolecular Hbond substituents is 1. The Morgan fingerprint density at radius 2 is 1.87 bits per heavy atom. The summed E-state index contributed by atoms with van der Waals surface area (Å²) in [5.41, 5.74) is -0.469. The molecule has 2 rings (SSSR count). The highest BCUT2D eigenvalue weighted by molar-refractivity contribution is 9.10. The first-order valence-electron chi connectivity index (χ1n) is 6.31. The van der Waals surface area contributed by atoms with Crippen molar-refractivity contribution in [1.82, 2.24) is 10.2 Å². The van der Waals surface area contributed by atoms with Crippen LogP contribution in [0.15, 0.2) is 16.6 Å². The Labute approximate surface area is 152 Å². The van der Waals surface area contributed by atoms with Gasteiger partial charge in [-0.2, -0.15) is 0 Å². The molecule has 0 saturated carbocycles. The van der Waals surface area contributed by atoms with Gasteiger partial charge in [-0.3, -0.25) is 15.0 Å². The van der Waals surface area contributed by atoms with Crippen LogP contribution in [0.4, 0.5) is 14.5 Å². The normalized spacial score (nSPS) is 16.3. The highest BCUT2D eigenvalue weighted by atomic mass is 79.9. The van der Waals surface area contributed by atoms with Crippen molar-refractivity contribution >= 4 is 46.4 Å². The van der Waals surface area contributed by atoms with Crippen molar-refractivity contribution in [2.45, 2.75) is 12.5 Å². The second-order valence-electron chi connectivity index (χ2n) is 4.69. The van der Waals surface area contributed by atoms with Gasteiger partial charge in [0, 0.05) is 43.9 Å². The highest BCUT2D eigenvalue weighted by Gasteiger charge is 2.34. The molecule has 1 aliphatic rings. The Morgan fingerprint density at radius 1 is 1.30 bits per heavy atom. The number of hydrogen-bond acceptors (Lipinski definition) is 5. The van der Waals surface area contributed by atoms with E-state index in [9.17, 15) is 24.0 Å². The van der Waals surface area contributed by atoms with E-state index in [0.29, 0.717) is 26.2 Å². The highest BCUT2D eigenvalue weighted by Crippen LogP contribution is 2.40. The molecule has 1 aromatic rings. The summed E-state index contributed by atoms with van der Waals surface area (Å²) in [5.74, 6) is -0.385. The summed E-state index contributed by atoms with van der Waals surface area (Å²) in [5, 5.41) is 23.9. The molecule has 2 N–H and O–H groups in total. The van der Waals surface area contributed by atoms with E-state index in [1.54, 1.807) is 0 Å². The molecule has 0 bridgehead atoms. The molecule has 0 spiro atoms. The number of phenols is 1. The van der Waals surface area contributed by atoms with Gasteiger partial charge in [0.25, 0.3) is 12.1 Å². The maximum Gasteiger partial charge on any atom is 0.271 e. The van der Waals surface area contributed by atoms with Gasteiger partial charge in [-0.25, -0.2) is 8.78 Å². The molecule has 132 valence electrons. The smallest absolute Gasteiger partial charge is 0.271 e. The first-order valence-corrected chi connectivity index (χ1v) is 7.11. The molecule has 1 heterocycles. The summed E-state index contributed by atoms with van der Waals surface area (Å²) in [7, 11) is 0. The van der Waals surface area contributed by atoms with Crippen LogP contribution in [0.25, 0.3) is 0 Å². The van der Waals surface area contributed by atoms with Crippen LogP contribution in [0, 0.1) is 10.1 Å². The van der Waals surface area contributed by atoms with Gasteiger partial charge in [-0.05, 0) is 15.9 Å². The lowest BCUT2D eigenvalue weighted by Crippen LogP contribution is -2.46. The fourth-order valence-electron chi connectivity index (χ4n) is 2.39. The maximum absolute atomic E-state index is 13.5. The van der Waals surface area contributed by atoms with E-state index in [0.717, 1.165) is 12.1 Å². The minimum absolute atomic E-state index is 0. The summed E-state index contributed by atoms with van der Waals surface area (Å²) in [6, 6.07) is 0.737. The maximum atomic E-state index is 13.5. The minimum Gasteiger partial charge on any atom is -0.506 e. The van der Waals surface area contributed by atoms with E-state index in [1.165, 1.54) is 4.90 Å². The molecule has 0 unspecified atom stereocenters. The number of nitro groups is 1. The number of rotatable bonds is 4. The quantitative estimate of drug-likeness (QED) is 0.557. The van der Waals surface area contributed by atoms with Crippen LogP contribution in [0.3, 0.4) is 0 Å². The first-order chi connectivity index (χ1) is 9.91.